The summed E-state index contributed by atoms with van der Waals surface area (Å²) >= 11 is 0. The molecule has 0 radical (unpaired) electrons. The van der Waals surface area contributed by atoms with E-state index in [9.17, 15) is 4.79 Å². The number of aromatic nitrogens is 1. The Bertz CT molecular complexity index is 1390. The zero-order valence-electron chi connectivity index (χ0n) is 24.8. The second kappa shape index (κ2) is 13.5. The molecule has 1 aliphatic heterocycles. The van der Waals surface area contributed by atoms with Gasteiger partial charge in [-0.3, -0.25) is 10.2 Å². The van der Waals surface area contributed by atoms with Crippen molar-refractivity contribution in [3.05, 3.63) is 70.8 Å². The number of pyridine rings is 1. The van der Waals surface area contributed by atoms with Crippen molar-refractivity contribution >= 4 is 26.4 Å². The molecule has 0 aliphatic carbocycles. The van der Waals surface area contributed by atoms with Crippen molar-refractivity contribution in [3.8, 4) is 22.8 Å². The lowest BCUT2D eigenvalue weighted by atomic mass is 9.97. The van der Waals surface area contributed by atoms with E-state index in [1.165, 1.54) is 0 Å². The fourth-order valence-electron chi connectivity index (χ4n) is 4.62. The van der Waals surface area contributed by atoms with E-state index in [2.05, 4.69) is 25.1 Å². The molecule has 0 fully saturated rings. The lowest BCUT2D eigenvalue weighted by Crippen LogP contribution is -2.34. The Labute approximate surface area is 245 Å². The standard InChI is InChI=1S/C32H40N3O5P/c1-21-10-9-12-27(38-19-22-13-15-24(37-6)16-14-22)28(21)26-18-23(25-20-39-30(36)34-29(25)33-26)11-7-8-17-35(5)31(41)40-32(2,3)4/h9-10,12-16,18,41H,7-8,11,17,19-20H2,1-6H3,(H,33,34,36). The van der Waals surface area contributed by atoms with E-state index in [-0.39, 0.29) is 12.2 Å². The van der Waals surface area contributed by atoms with Gasteiger partial charge >= 0.3 is 6.09 Å². The van der Waals surface area contributed by atoms with Gasteiger partial charge in [0.15, 0.2) is 0 Å². The molecular weight excluding hydrogens is 537 g/mol. The predicted molar refractivity (Wildman–Crippen MR) is 165 cm³/mol. The summed E-state index contributed by atoms with van der Waals surface area (Å²) in [5.74, 6) is 2.08. The Morgan fingerprint density at radius 1 is 1.15 bits per heavy atom. The Morgan fingerprint density at radius 3 is 2.61 bits per heavy atom. The highest BCUT2D eigenvalue weighted by molar-refractivity contribution is 7.20. The fraction of sp³-hybridized carbons (Fsp3) is 0.406. The van der Waals surface area contributed by atoms with Gasteiger partial charge in [-0.25, -0.2) is 9.78 Å². The molecule has 8 nitrogen and oxygen atoms in total. The van der Waals surface area contributed by atoms with Crippen molar-refractivity contribution < 1.29 is 23.7 Å². The number of carbonyl (C=O) groups excluding carboxylic acids is 1. The molecule has 0 atom stereocenters. The number of aryl methyl sites for hydroxylation is 2. The van der Waals surface area contributed by atoms with Crippen LogP contribution in [0.4, 0.5) is 10.6 Å². The van der Waals surface area contributed by atoms with E-state index in [0.717, 1.165) is 76.4 Å². The molecule has 1 aromatic heterocycles. The molecule has 1 N–H and O–H groups in total. The minimum absolute atomic E-state index is 0.205. The number of cyclic esters (lactones) is 1. The number of ether oxygens (including phenoxy) is 4. The van der Waals surface area contributed by atoms with Crippen molar-refractivity contribution in [2.45, 2.75) is 65.8 Å². The minimum Gasteiger partial charge on any atom is -0.497 e. The van der Waals surface area contributed by atoms with Crippen LogP contribution in [0, 0.1) is 6.92 Å². The second-order valence-corrected chi connectivity index (χ2v) is 11.6. The van der Waals surface area contributed by atoms with Gasteiger partial charge in [-0.15, -0.1) is 0 Å². The molecule has 9 heteroatoms. The zero-order chi connectivity index (χ0) is 29.6. The third-order valence-corrected chi connectivity index (χ3v) is 7.25. The first kappa shape index (κ1) is 30.5. The Balaban J connectivity index is 1.54. The second-order valence-electron chi connectivity index (χ2n) is 11.2. The highest BCUT2D eigenvalue weighted by Crippen LogP contribution is 2.36. The van der Waals surface area contributed by atoms with Gasteiger partial charge in [0.1, 0.15) is 36.1 Å². The van der Waals surface area contributed by atoms with Crippen LogP contribution in [0.25, 0.3) is 11.3 Å². The Hall–Kier alpha value is -3.45. The largest absolute Gasteiger partial charge is 0.497 e. The third kappa shape index (κ3) is 8.29. The van der Waals surface area contributed by atoms with Crippen molar-refractivity contribution in [1.29, 1.82) is 0 Å². The summed E-state index contributed by atoms with van der Waals surface area (Å²) in [5.41, 5.74) is 6.20. The summed E-state index contributed by atoms with van der Waals surface area (Å²) in [6, 6.07) is 15.9. The lowest BCUT2D eigenvalue weighted by molar-refractivity contribution is 0.0975. The molecule has 3 aromatic rings. The first-order valence-corrected chi connectivity index (χ1v) is 14.3. The number of benzene rings is 2. The SMILES string of the molecule is COc1ccc(COc2cccc(C)c2-c2cc(CCCCN(C)C(=P)OC(C)(C)C)c3c(n2)NC(=O)OC3)cc1. The first-order chi connectivity index (χ1) is 19.5. The van der Waals surface area contributed by atoms with Crippen LogP contribution in [0.15, 0.2) is 48.5 Å². The maximum absolute atomic E-state index is 12.1. The van der Waals surface area contributed by atoms with E-state index in [1.807, 2.05) is 77.2 Å². The molecule has 218 valence electrons. The topological polar surface area (TPSA) is 82.2 Å². The van der Waals surface area contributed by atoms with Gasteiger partial charge in [0.2, 0.25) is 0 Å². The molecule has 0 unspecified atom stereocenters. The summed E-state index contributed by atoms with van der Waals surface area (Å²) in [4.78, 5) is 19.0. The van der Waals surface area contributed by atoms with Crippen LogP contribution in [0.2, 0.25) is 0 Å². The van der Waals surface area contributed by atoms with E-state index in [0.29, 0.717) is 12.4 Å². The normalized spacial score (nSPS) is 12.9. The van der Waals surface area contributed by atoms with E-state index < -0.39 is 6.09 Å². The summed E-state index contributed by atoms with van der Waals surface area (Å²) in [7, 11) is 7.27. The number of hydrogen-bond acceptors (Lipinski definition) is 6. The number of unbranched alkanes of at least 4 members (excludes halogenated alkanes) is 1. The summed E-state index contributed by atoms with van der Waals surface area (Å²) in [6.07, 6.45) is 2.22. The molecule has 0 saturated carbocycles. The quantitative estimate of drug-likeness (QED) is 0.183. The maximum atomic E-state index is 12.1. The van der Waals surface area contributed by atoms with Gasteiger partial charge in [0.25, 0.3) is 0 Å². The van der Waals surface area contributed by atoms with Gasteiger partial charge in [0.05, 0.1) is 18.4 Å². The van der Waals surface area contributed by atoms with Crippen LogP contribution in [0.1, 0.15) is 55.9 Å². The highest BCUT2D eigenvalue weighted by atomic mass is 31.0. The maximum Gasteiger partial charge on any atom is 0.413 e. The number of hydrogen-bond donors (Lipinski definition) is 1. The van der Waals surface area contributed by atoms with Gasteiger partial charge in [-0.05, 0) is 95.0 Å². The average Bonchev–Trinajstić information content (AvgIpc) is 2.93. The number of anilines is 1. The highest BCUT2D eigenvalue weighted by Gasteiger charge is 2.23. The van der Waals surface area contributed by atoms with Crippen molar-refractivity contribution in [2.75, 3.05) is 26.0 Å². The fourth-order valence-corrected chi connectivity index (χ4v) is 5.03. The number of nitrogens with zero attached hydrogens (tertiary/aromatic N) is 2. The Kier molecular flexibility index (Phi) is 10.0. The monoisotopic (exact) mass is 577 g/mol. The molecule has 0 saturated heterocycles. The number of rotatable bonds is 12. The van der Waals surface area contributed by atoms with Gasteiger partial charge in [-0.1, -0.05) is 33.1 Å². The van der Waals surface area contributed by atoms with Crippen LogP contribution in [0.5, 0.6) is 11.5 Å². The number of carbonyl (C=O) groups is 1. The number of methoxy groups -OCH3 is 1. The van der Waals surface area contributed by atoms with Crippen LogP contribution in [0.3, 0.4) is 0 Å². The van der Waals surface area contributed by atoms with E-state index in [4.69, 9.17) is 23.9 Å². The molecule has 0 spiro atoms. The molecule has 1 amide bonds. The van der Waals surface area contributed by atoms with Gasteiger partial charge in [0, 0.05) is 17.7 Å². The first-order valence-electron chi connectivity index (χ1n) is 13.8. The van der Waals surface area contributed by atoms with Crippen LogP contribution < -0.4 is 14.8 Å². The third-order valence-electron chi connectivity index (χ3n) is 6.77. The zero-order valence-corrected chi connectivity index (χ0v) is 25.8. The average molecular weight is 578 g/mol. The lowest BCUT2D eigenvalue weighted by Gasteiger charge is -2.26. The van der Waals surface area contributed by atoms with Crippen molar-refractivity contribution in [2.24, 2.45) is 0 Å². The number of nitrogens with one attached hydrogen (secondary N) is 1. The summed E-state index contributed by atoms with van der Waals surface area (Å²) < 4.78 is 22.8. The summed E-state index contributed by atoms with van der Waals surface area (Å²) in [6.45, 7) is 9.56. The molecule has 0 bridgehead atoms. The molecule has 2 aromatic carbocycles. The molecule has 4 rings (SSSR count). The predicted octanol–water partition coefficient (Wildman–Crippen LogP) is 7.01. The van der Waals surface area contributed by atoms with Crippen molar-refractivity contribution in [3.63, 3.8) is 0 Å². The van der Waals surface area contributed by atoms with Crippen LogP contribution in [-0.4, -0.2) is 47.9 Å². The summed E-state index contributed by atoms with van der Waals surface area (Å²) in [5, 5.41) is 2.80. The molecule has 2 heterocycles. The number of fused-ring (bicyclic) bond motifs is 1. The van der Waals surface area contributed by atoms with Crippen LogP contribution in [-0.2, 0) is 29.1 Å². The molecular formula is C32H40N3O5P. The van der Waals surface area contributed by atoms with E-state index in [1.54, 1.807) is 7.11 Å². The molecule has 41 heavy (non-hydrogen) atoms. The van der Waals surface area contributed by atoms with Gasteiger partial charge < -0.3 is 18.9 Å². The van der Waals surface area contributed by atoms with Crippen molar-refractivity contribution in [1.82, 2.24) is 9.88 Å². The van der Waals surface area contributed by atoms with E-state index >= 15 is 0 Å². The molecule has 1 aliphatic rings. The number of amides is 1. The van der Waals surface area contributed by atoms with Crippen LogP contribution >= 0.6 is 8.86 Å². The smallest absolute Gasteiger partial charge is 0.413 e. The van der Waals surface area contributed by atoms with Gasteiger partial charge in [-0.2, -0.15) is 0 Å². The minimum atomic E-state index is -0.491. The Morgan fingerprint density at radius 2 is 1.90 bits per heavy atom.